The number of benzene rings is 1. The summed E-state index contributed by atoms with van der Waals surface area (Å²) in [6.45, 7) is 3.96. The van der Waals surface area contributed by atoms with Gasteiger partial charge in [0.15, 0.2) is 0 Å². The molecule has 3 nitrogen and oxygen atoms in total. The largest absolute Gasteiger partial charge is 0.392 e. The molecule has 0 aliphatic heterocycles. The predicted octanol–water partition coefficient (Wildman–Crippen LogP) is 2.83. The van der Waals surface area contributed by atoms with Crippen LogP contribution in [0.3, 0.4) is 0 Å². The Morgan fingerprint density at radius 2 is 1.90 bits per heavy atom. The Kier molecular flexibility index (Phi) is 4.23. The van der Waals surface area contributed by atoms with Crippen LogP contribution in [0.4, 0.5) is 4.39 Å². The van der Waals surface area contributed by atoms with Gasteiger partial charge in [-0.25, -0.2) is 4.39 Å². The third kappa shape index (κ3) is 3.07. The fourth-order valence-electron chi connectivity index (χ4n) is 2.36. The van der Waals surface area contributed by atoms with Gasteiger partial charge >= 0.3 is 0 Å². The minimum atomic E-state index is -0.497. The van der Waals surface area contributed by atoms with E-state index in [4.69, 9.17) is 0 Å². The lowest BCUT2D eigenvalue weighted by atomic mass is 9.77. The number of hydrogen-bond acceptors (Lipinski definition) is 2. The van der Waals surface area contributed by atoms with E-state index in [-0.39, 0.29) is 5.82 Å². The molecule has 1 N–H and O–H groups in total. The molecule has 1 atom stereocenters. The quantitative estimate of drug-likeness (QED) is 0.912. The van der Waals surface area contributed by atoms with Crippen LogP contribution in [-0.4, -0.2) is 21.0 Å². The van der Waals surface area contributed by atoms with Gasteiger partial charge in [0.05, 0.1) is 6.10 Å². The van der Waals surface area contributed by atoms with Crippen molar-refractivity contribution in [3.63, 3.8) is 0 Å². The molecule has 1 aromatic carbocycles. The molecule has 0 amide bonds. The molecular weight excluding hydrogens is 255 g/mol. The van der Waals surface area contributed by atoms with Crippen molar-refractivity contribution in [3.05, 3.63) is 53.6 Å². The first-order valence-electron chi connectivity index (χ1n) is 6.82. The molecule has 0 fully saturated rings. The third-order valence-corrected chi connectivity index (χ3v) is 4.02. The zero-order valence-corrected chi connectivity index (χ0v) is 12.2. The van der Waals surface area contributed by atoms with Crippen LogP contribution in [0.5, 0.6) is 0 Å². The van der Waals surface area contributed by atoms with Crippen molar-refractivity contribution in [1.29, 1.82) is 0 Å². The number of halogens is 1. The van der Waals surface area contributed by atoms with E-state index in [1.807, 2.05) is 31.6 Å². The lowest BCUT2D eigenvalue weighted by molar-refractivity contribution is 0.0910. The van der Waals surface area contributed by atoms with Crippen LogP contribution in [0, 0.1) is 5.82 Å². The van der Waals surface area contributed by atoms with Crippen LogP contribution in [0.25, 0.3) is 0 Å². The van der Waals surface area contributed by atoms with Gasteiger partial charge in [-0.05, 0) is 36.6 Å². The van der Waals surface area contributed by atoms with Gasteiger partial charge in [0.25, 0.3) is 0 Å². The number of aliphatic hydroxyl groups excluding tert-OH is 1. The molecule has 0 radical (unpaired) electrons. The number of hydrogen-bond donors (Lipinski definition) is 1. The van der Waals surface area contributed by atoms with Crippen molar-refractivity contribution in [1.82, 2.24) is 9.78 Å². The highest BCUT2D eigenvalue weighted by Crippen LogP contribution is 2.29. The standard InChI is InChI=1S/C16H21FN2O/c1-16(2,12-4-6-13(17)7-5-12)15(20)9-8-14-10-11-18-19(14)3/h4-7,10-11,15,20H,8-9H2,1-3H3. The molecule has 4 heteroatoms. The summed E-state index contributed by atoms with van der Waals surface area (Å²) in [5.74, 6) is -0.256. The van der Waals surface area contributed by atoms with E-state index in [9.17, 15) is 9.50 Å². The van der Waals surface area contributed by atoms with E-state index < -0.39 is 11.5 Å². The summed E-state index contributed by atoms with van der Waals surface area (Å²) in [4.78, 5) is 0. The van der Waals surface area contributed by atoms with Gasteiger partial charge in [0.1, 0.15) is 5.82 Å². The van der Waals surface area contributed by atoms with Crippen LogP contribution in [-0.2, 0) is 18.9 Å². The molecule has 1 unspecified atom stereocenters. The van der Waals surface area contributed by atoms with Crippen molar-refractivity contribution in [3.8, 4) is 0 Å². The zero-order valence-electron chi connectivity index (χ0n) is 12.2. The number of nitrogens with zero attached hydrogens (tertiary/aromatic N) is 2. The second-order valence-electron chi connectivity index (χ2n) is 5.73. The van der Waals surface area contributed by atoms with Gasteiger partial charge in [0, 0.05) is 24.4 Å². The Bertz CT molecular complexity index is 560. The van der Waals surface area contributed by atoms with Crippen LogP contribution >= 0.6 is 0 Å². The Balaban J connectivity index is 2.05. The molecule has 0 aliphatic rings. The van der Waals surface area contributed by atoms with E-state index in [0.717, 1.165) is 17.7 Å². The highest BCUT2D eigenvalue weighted by Gasteiger charge is 2.29. The summed E-state index contributed by atoms with van der Waals surface area (Å²) >= 11 is 0. The average molecular weight is 276 g/mol. The average Bonchev–Trinajstić information content (AvgIpc) is 2.82. The first kappa shape index (κ1) is 14.7. The normalized spacial score (nSPS) is 13.4. The summed E-state index contributed by atoms with van der Waals surface area (Å²) in [6.07, 6.45) is 2.67. The van der Waals surface area contributed by atoms with Gasteiger partial charge in [-0.15, -0.1) is 0 Å². The Hall–Kier alpha value is -1.68. The summed E-state index contributed by atoms with van der Waals surface area (Å²) in [5, 5.41) is 14.6. The SMILES string of the molecule is Cn1nccc1CCC(O)C(C)(C)c1ccc(F)cc1. The van der Waals surface area contributed by atoms with Crippen molar-refractivity contribution in [2.75, 3.05) is 0 Å². The van der Waals surface area contributed by atoms with Crippen molar-refractivity contribution in [2.24, 2.45) is 7.05 Å². The smallest absolute Gasteiger partial charge is 0.123 e. The predicted molar refractivity (Wildman–Crippen MR) is 77.0 cm³/mol. The van der Waals surface area contributed by atoms with Gasteiger partial charge in [0.2, 0.25) is 0 Å². The maximum absolute atomic E-state index is 13.0. The second kappa shape index (κ2) is 5.75. The molecule has 2 rings (SSSR count). The van der Waals surface area contributed by atoms with Crippen molar-refractivity contribution >= 4 is 0 Å². The molecule has 0 aliphatic carbocycles. The van der Waals surface area contributed by atoms with Crippen molar-refractivity contribution in [2.45, 2.75) is 38.2 Å². The van der Waals surface area contributed by atoms with Crippen LogP contribution < -0.4 is 0 Å². The summed E-state index contributed by atoms with van der Waals surface area (Å²) in [6, 6.07) is 8.30. The van der Waals surface area contributed by atoms with Gasteiger partial charge in [-0.3, -0.25) is 4.68 Å². The number of aromatic nitrogens is 2. The molecule has 0 saturated heterocycles. The summed E-state index contributed by atoms with van der Waals surface area (Å²) < 4.78 is 14.8. The lowest BCUT2D eigenvalue weighted by Gasteiger charge is -2.31. The van der Waals surface area contributed by atoms with Crippen LogP contribution in [0.15, 0.2) is 36.5 Å². The molecule has 0 bridgehead atoms. The highest BCUT2D eigenvalue weighted by atomic mass is 19.1. The summed E-state index contributed by atoms with van der Waals surface area (Å²) in [7, 11) is 1.90. The number of aryl methyl sites for hydroxylation is 2. The van der Waals surface area contributed by atoms with Gasteiger partial charge in [-0.1, -0.05) is 26.0 Å². The number of aliphatic hydroxyl groups is 1. The lowest BCUT2D eigenvalue weighted by Crippen LogP contribution is -2.34. The Labute approximate surface area is 119 Å². The summed E-state index contributed by atoms with van der Waals surface area (Å²) in [5.41, 5.74) is 1.63. The van der Waals surface area contributed by atoms with Gasteiger partial charge in [-0.2, -0.15) is 5.10 Å². The molecule has 20 heavy (non-hydrogen) atoms. The topological polar surface area (TPSA) is 38.0 Å². The maximum Gasteiger partial charge on any atom is 0.123 e. The second-order valence-corrected chi connectivity index (χ2v) is 5.73. The van der Waals surface area contributed by atoms with E-state index in [1.54, 1.807) is 18.3 Å². The fourth-order valence-corrected chi connectivity index (χ4v) is 2.36. The van der Waals surface area contributed by atoms with E-state index in [0.29, 0.717) is 6.42 Å². The first-order chi connectivity index (χ1) is 9.41. The van der Waals surface area contributed by atoms with Crippen LogP contribution in [0.2, 0.25) is 0 Å². The molecule has 0 spiro atoms. The molecule has 2 aromatic rings. The minimum absolute atomic E-state index is 0.256. The maximum atomic E-state index is 13.0. The molecular formula is C16H21FN2O. The zero-order chi connectivity index (χ0) is 14.8. The molecule has 1 aromatic heterocycles. The van der Waals surface area contributed by atoms with Gasteiger partial charge < -0.3 is 5.11 Å². The minimum Gasteiger partial charge on any atom is -0.392 e. The van der Waals surface area contributed by atoms with E-state index >= 15 is 0 Å². The van der Waals surface area contributed by atoms with Crippen LogP contribution in [0.1, 0.15) is 31.5 Å². The third-order valence-electron chi connectivity index (χ3n) is 4.02. The molecule has 108 valence electrons. The number of rotatable bonds is 5. The van der Waals surface area contributed by atoms with E-state index in [1.165, 1.54) is 12.1 Å². The highest BCUT2D eigenvalue weighted by molar-refractivity contribution is 5.25. The monoisotopic (exact) mass is 276 g/mol. The Morgan fingerprint density at radius 1 is 1.25 bits per heavy atom. The molecule has 1 heterocycles. The first-order valence-corrected chi connectivity index (χ1v) is 6.82. The Morgan fingerprint density at radius 3 is 2.45 bits per heavy atom. The van der Waals surface area contributed by atoms with E-state index in [2.05, 4.69) is 5.10 Å². The van der Waals surface area contributed by atoms with Crippen molar-refractivity contribution < 1.29 is 9.50 Å². The molecule has 0 saturated carbocycles. The fraction of sp³-hybridized carbons (Fsp3) is 0.438.